The average molecular weight is 365 g/mol. The quantitative estimate of drug-likeness (QED) is 0.549. The monoisotopic (exact) mass is 365 g/mol. The summed E-state index contributed by atoms with van der Waals surface area (Å²) in [6.45, 7) is 0.773. The summed E-state index contributed by atoms with van der Waals surface area (Å²) >= 11 is 0. The van der Waals surface area contributed by atoms with Crippen molar-refractivity contribution in [2.45, 2.75) is 18.0 Å². The summed E-state index contributed by atoms with van der Waals surface area (Å²) in [7, 11) is 2.98. The average Bonchev–Trinajstić information content (AvgIpc) is 3.00. The van der Waals surface area contributed by atoms with Crippen LogP contribution in [-0.4, -0.2) is 54.6 Å². The summed E-state index contributed by atoms with van der Waals surface area (Å²) in [4.78, 5) is 8.54. The van der Waals surface area contributed by atoms with Gasteiger partial charge in [0.25, 0.3) is 0 Å². The number of rotatable bonds is 6. The Labute approximate surface area is 147 Å². The van der Waals surface area contributed by atoms with Gasteiger partial charge >= 0.3 is 0 Å². The van der Waals surface area contributed by atoms with E-state index in [1.54, 1.807) is 36.0 Å². The van der Waals surface area contributed by atoms with E-state index in [1.165, 1.54) is 24.7 Å². The number of hydrogen-bond donors (Lipinski definition) is 2. The first kappa shape index (κ1) is 18.9. The number of guanidine groups is 1. The summed E-state index contributed by atoms with van der Waals surface area (Å²) in [6, 6.07) is 6.89. The van der Waals surface area contributed by atoms with Gasteiger partial charge in [0.15, 0.2) is 5.96 Å². The molecule has 1 aromatic carbocycles. The molecule has 0 saturated carbocycles. The molecule has 136 valence electrons. The highest BCUT2D eigenvalue weighted by Gasteiger charge is 2.20. The van der Waals surface area contributed by atoms with Crippen molar-refractivity contribution in [3.63, 3.8) is 0 Å². The maximum Gasteiger partial charge on any atom is 0.242 e. The molecule has 9 nitrogen and oxygen atoms in total. The summed E-state index contributed by atoms with van der Waals surface area (Å²) in [5.41, 5.74) is 0.665. The molecule has 1 aromatic heterocycles. The molecule has 0 bridgehead atoms. The second-order valence-electron chi connectivity index (χ2n) is 5.47. The predicted octanol–water partition coefficient (Wildman–Crippen LogP) is -0.0694. The van der Waals surface area contributed by atoms with Gasteiger partial charge in [-0.3, -0.25) is 9.67 Å². The van der Waals surface area contributed by atoms with Crippen LogP contribution in [-0.2, 0) is 30.2 Å². The normalized spacial score (nSPS) is 12.4. The van der Waals surface area contributed by atoms with Gasteiger partial charge in [0.1, 0.15) is 12.2 Å². The van der Waals surface area contributed by atoms with E-state index in [2.05, 4.69) is 25.7 Å². The molecule has 0 saturated heterocycles. The van der Waals surface area contributed by atoms with Crippen LogP contribution in [0.2, 0.25) is 0 Å². The van der Waals surface area contributed by atoms with Crippen LogP contribution in [0.25, 0.3) is 0 Å². The third-order valence-electron chi connectivity index (χ3n) is 3.62. The largest absolute Gasteiger partial charge is 0.352 e. The van der Waals surface area contributed by atoms with Crippen molar-refractivity contribution in [1.82, 2.24) is 29.7 Å². The zero-order valence-electron chi connectivity index (χ0n) is 14.8. The molecule has 10 heteroatoms. The van der Waals surface area contributed by atoms with Crippen molar-refractivity contribution in [2.24, 2.45) is 12.0 Å². The molecule has 0 aliphatic heterocycles. The second-order valence-corrected chi connectivity index (χ2v) is 7.59. The molecular formula is C15H23N7O2S. The van der Waals surface area contributed by atoms with Gasteiger partial charge in [-0.1, -0.05) is 18.2 Å². The highest BCUT2D eigenvalue weighted by molar-refractivity contribution is 7.89. The fourth-order valence-electron chi connectivity index (χ4n) is 2.14. The van der Waals surface area contributed by atoms with Crippen LogP contribution in [0.3, 0.4) is 0 Å². The van der Waals surface area contributed by atoms with Crippen LogP contribution in [0.1, 0.15) is 11.4 Å². The molecule has 2 rings (SSSR count). The number of benzene rings is 1. The van der Waals surface area contributed by atoms with E-state index in [1.807, 2.05) is 7.05 Å². The fourth-order valence-corrected chi connectivity index (χ4v) is 3.26. The van der Waals surface area contributed by atoms with Gasteiger partial charge in [-0.2, -0.15) is 5.10 Å². The lowest BCUT2D eigenvalue weighted by molar-refractivity contribution is 0.519. The molecule has 0 atom stereocenters. The zero-order chi connectivity index (χ0) is 18.4. The molecule has 0 radical (unpaired) electrons. The van der Waals surface area contributed by atoms with E-state index < -0.39 is 10.0 Å². The Morgan fingerprint density at radius 1 is 1.24 bits per heavy atom. The van der Waals surface area contributed by atoms with E-state index in [0.29, 0.717) is 24.6 Å². The third-order valence-corrected chi connectivity index (χ3v) is 5.54. The van der Waals surface area contributed by atoms with Crippen LogP contribution in [0.5, 0.6) is 0 Å². The van der Waals surface area contributed by atoms with Crippen LogP contribution in [0, 0.1) is 0 Å². The Balaban J connectivity index is 2.06. The Bertz CT molecular complexity index is 843. The molecule has 0 unspecified atom stereocenters. The summed E-state index contributed by atoms with van der Waals surface area (Å²) in [6.07, 6.45) is 1.48. The SMILES string of the molecule is CN=C(NCc1ccccc1S(=O)(=O)N(C)C)NCc1ncnn1C. The lowest BCUT2D eigenvalue weighted by Gasteiger charge is -2.16. The number of nitrogens with one attached hydrogen (secondary N) is 2. The van der Waals surface area contributed by atoms with E-state index in [-0.39, 0.29) is 4.90 Å². The van der Waals surface area contributed by atoms with Gasteiger partial charge in [0.05, 0.1) is 11.4 Å². The lowest BCUT2D eigenvalue weighted by atomic mass is 10.2. The van der Waals surface area contributed by atoms with Crippen molar-refractivity contribution in [3.05, 3.63) is 42.0 Å². The van der Waals surface area contributed by atoms with E-state index in [9.17, 15) is 8.42 Å². The van der Waals surface area contributed by atoms with Gasteiger partial charge < -0.3 is 10.6 Å². The fraction of sp³-hybridized carbons (Fsp3) is 0.400. The highest BCUT2D eigenvalue weighted by Crippen LogP contribution is 2.18. The minimum atomic E-state index is -3.50. The Morgan fingerprint density at radius 3 is 2.52 bits per heavy atom. The molecule has 0 aliphatic rings. The van der Waals surface area contributed by atoms with Gasteiger partial charge in [-0.15, -0.1) is 0 Å². The molecule has 25 heavy (non-hydrogen) atoms. The molecular weight excluding hydrogens is 342 g/mol. The van der Waals surface area contributed by atoms with Crippen LogP contribution in [0.15, 0.2) is 40.5 Å². The number of aryl methyl sites for hydroxylation is 1. The third kappa shape index (κ3) is 4.54. The van der Waals surface area contributed by atoms with Gasteiger partial charge in [-0.05, 0) is 11.6 Å². The number of aliphatic imine (C=N–C) groups is 1. The summed E-state index contributed by atoms with van der Waals surface area (Å²) in [5.74, 6) is 1.30. The topological polar surface area (TPSA) is 105 Å². The maximum absolute atomic E-state index is 12.4. The van der Waals surface area contributed by atoms with Crippen LogP contribution in [0.4, 0.5) is 0 Å². The first-order chi connectivity index (χ1) is 11.9. The standard InChI is InChI=1S/C15H23N7O2S/c1-16-15(18-10-14-19-11-20-22(14)4)17-9-12-7-5-6-8-13(12)25(23,24)21(2)3/h5-8,11H,9-10H2,1-4H3,(H2,16,17,18). The molecule has 1 heterocycles. The number of sulfonamides is 1. The minimum Gasteiger partial charge on any atom is -0.352 e. The minimum absolute atomic E-state index is 0.274. The van der Waals surface area contributed by atoms with Gasteiger partial charge in [0, 0.05) is 34.7 Å². The molecule has 2 aromatic rings. The van der Waals surface area contributed by atoms with Crippen LogP contribution < -0.4 is 10.6 Å². The number of nitrogens with zero attached hydrogens (tertiary/aromatic N) is 5. The first-order valence-electron chi connectivity index (χ1n) is 7.64. The van der Waals surface area contributed by atoms with Crippen molar-refractivity contribution >= 4 is 16.0 Å². The van der Waals surface area contributed by atoms with Crippen molar-refractivity contribution in [2.75, 3.05) is 21.1 Å². The molecule has 2 N–H and O–H groups in total. The lowest BCUT2D eigenvalue weighted by Crippen LogP contribution is -2.37. The highest BCUT2D eigenvalue weighted by atomic mass is 32.2. The summed E-state index contributed by atoms with van der Waals surface area (Å²) in [5, 5.41) is 10.2. The van der Waals surface area contributed by atoms with Gasteiger partial charge in [-0.25, -0.2) is 17.7 Å². The summed E-state index contributed by atoms with van der Waals surface area (Å²) < 4.78 is 27.7. The Kier molecular flexibility index (Phi) is 6.10. The second kappa shape index (κ2) is 8.08. The van der Waals surface area contributed by atoms with Crippen LogP contribution >= 0.6 is 0 Å². The van der Waals surface area contributed by atoms with Crippen molar-refractivity contribution in [3.8, 4) is 0 Å². The maximum atomic E-state index is 12.4. The van der Waals surface area contributed by atoms with E-state index >= 15 is 0 Å². The Hall–Kier alpha value is -2.46. The zero-order valence-corrected chi connectivity index (χ0v) is 15.6. The number of hydrogen-bond acceptors (Lipinski definition) is 5. The molecule has 0 amide bonds. The van der Waals surface area contributed by atoms with Gasteiger partial charge in [0.2, 0.25) is 10.0 Å². The Morgan fingerprint density at radius 2 is 1.92 bits per heavy atom. The predicted molar refractivity (Wildman–Crippen MR) is 95.4 cm³/mol. The smallest absolute Gasteiger partial charge is 0.242 e. The molecule has 0 spiro atoms. The van der Waals surface area contributed by atoms with Crippen molar-refractivity contribution < 1.29 is 8.42 Å². The number of aromatic nitrogens is 3. The first-order valence-corrected chi connectivity index (χ1v) is 9.08. The van der Waals surface area contributed by atoms with E-state index in [0.717, 1.165) is 5.82 Å². The molecule has 0 aliphatic carbocycles. The van der Waals surface area contributed by atoms with E-state index in [4.69, 9.17) is 0 Å². The van der Waals surface area contributed by atoms with Crippen molar-refractivity contribution in [1.29, 1.82) is 0 Å². The molecule has 0 fully saturated rings.